The number of benzene rings is 1. The van der Waals surface area contributed by atoms with Crippen molar-refractivity contribution in [2.45, 2.75) is 56.6 Å². The Labute approximate surface area is 215 Å². The van der Waals surface area contributed by atoms with E-state index in [-0.39, 0.29) is 23.1 Å². The summed E-state index contributed by atoms with van der Waals surface area (Å²) in [6.45, 7) is 6.97. The first-order valence-corrected chi connectivity index (χ1v) is 14.5. The predicted octanol–water partition coefficient (Wildman–Crippen LogP) is 5.77. The predicted molar refractivity (Wildman–Crippen MR) is 142 cm³/mol. The maximum absolute atomic E-state index is 13.6. The number of hydrogen-bond acceptors (Lipinski definition) is 5. The third-order valence-electron chi connectivity index (χ3n) is 7.92. The molecule has 1 spiro atoms. The first-order valence-electron chi connectivity index (χ1n) is 12.5. The third-order valence-corrected chi connectivity index (χ3v) is 10.3. The summed E-state index contributed by atoms with van der Waals surface area (Å²) in [6.07, 6.45) is 7.03. The first-order chi connectivity index (χ1) is 16.8. The summed E-state index contributed by atoms with van der Waals surface area (Å²) < 4.78 is 0.991. The summed E-state index contributed by atoms with van der Waals surface area (Å²) in [4.78, 5) is 43.6. The lowest BCUT2D eigenvalue weighted by molar-refractivity contribution is 0.0743. The molecule has 3 amide bonds. The van der Waals surface area contributed by atoms with Gasteiger partial charge in [0.15, 0.2) is 5.78 Å². The normalized spacial score (nSPS) is 19.2. The largest absolute Gasteiger partial charge is 0.337 e. The van der Waals surface area contributed by atoms with Crippen LogP contribution in [0.3, 0.4) is 0 Å². The van der Waals surface area contributed by atoms with Gasteiger partial charge in [0.05, 0.1) is 9.09 Å². The molecule has 0 bridgehead atoms. The number of urea groups is 1. The topological polar surface area (TPSA) is 69.7 Å². The van der Waals surface area contributed by atoms with Crippen LogP contribution in [0.25, 0.3) is 0 Å². The quantitative estimate of drug-likeness (QED) is 0.532. The summed E-state index contributed by atoms with van der Waals surface area (Å²) in [5.74, 6) is 0.281. The molecule has 0 unspecified atom stereocenters. The summed E-state index contributed by atoms with van der Waals surface area (Å²) in [5.41, 5.74) is 5.00. The number of aryl methyl sites for hydroxylation is 2. The van der Waals surface area contributed by atoms with Crippen molar-refractivity contribution in [2.24, 2.45) is 5.41 Å². The van der Waals surface area contributed by atoms with E-state index in [1.807, 2.05) is 42.0 Å². The molecule has 1 aromatic carbocycles. The van der Waals surface area contributed by atoms with Gasteiger partial charge in [-0.2, -0.15) is 0 Å². The Bertz CT molecular complexity index is 1180. The number of nitrogens with zero attached hydrogens (tertiary/aromatic N) is 2. The number of ketones is 1. The Morgan fingerprint density at radius 1 is 1.06 bits per heavy atom. The van der Waals surface area contributed by atoms with E-state index in [0.717, 1.165) is 76.7 Å². The minimum absolute atomic E-state index is 0.0443. The first kappa shape index (κ1) is 24.4. The molecule has 8 heteroatoms. The number of carbonyl (C=O) groups is 3. The fourth-order valence-electron chi connectivity index (χ4n) is 5.82. The SMILES string of the molecule is CSc1sc(C(=O)N2CCC3(CCN(C(=O)Nc4ccc(C)cc4C)CC3)C2)c2c1C(=O)CCC2. The number of fused-ring (bicyclic) bond motifs is 1. The summed E-state index contributed by atoms with van der Waals surface area (Å²) in [7, 11) is 0. The molecule has 35 heavy (non-hydrogen) atoms. The van der Waals surface area contributed by atoms with E-state index in [1.54, 1.807) is 11.8 Å². The number of thioether (sulfide) groups is 1. The van der Waals surface area contributed by atoms with Crippen molar-refractivity contribution in [3.63, 3.8) is 0 Å². The fourth-order valence-corrected chi connectivity index (χ4v) is 7.92. The molecular formula is C27H33N3O3S2. The van der Waals surface area contributed by atoms with E-state index in [1.165, 1.54) is 16.9 Å². The molecule has 2 aliphatic heterocycles. The van der Waals surface area contributed by atoms with Crippen LogP contribution in [-0.4, -0.2) is 60.0 Å². The van der Waals surface area contributed by atoms with Crippen LogP contribution < -0.4 is 5.32 Å². The number of carbonyl (C=O) groups excluding carboxylic acids is 3. The van der Waals surface area contributed by atoms with Crippen molar-refractivity contribution in [3.05, 3.63) is 45.3 Å². The molecule has 186 valence electrons. The third kappa shape index (κ3) is 4.62. The number of Topliss-reactive ketones (excluding diaryl/α,β-unsaturated/α-hetero) is 1. The number of piperidine rings is 1. The van der Waals surface area contributed by atoms with Gasteiger partial charge >= 0.3 is 6.03 Å². The highest BCUT2D eigenvalue weighted by Gasteiger charge is 2.44. The van der Waals surface area contributed by atoms with Gasteiger partial charge in [-0.25, -0.2) is 4.79 Å². The molecule has 0 atom stereocenters. The average molecular weight is 512 g/mol. The number of hydrogen-bond donors (Lipinski definition) is 1. The maximum Gasteiger partial charge on any atom is 0.321 e. The van der Waals surface area contributed by atoms with Crippen LogP contribution in [0.1, 0.15) is 68.8 Å². The lowest BCUT2D eigenvalue weighted by atomic mass is 9.78. The van der Waals surface area contributed by atoms with Gasteiger partial charge in [0.1, 0.15) is 0 Å². The van der Waals surface area contributed by atoms with Crippen molar-refractivity contribution in [3.8, 4) is 0 Å². The molecule has 0 saturated carbocycles. The van der Waals surface area contributed by atoms with E-state index in [0.29, 0.717) is 19.5 Å². The van der Waals surface area contributed by atoms with Crippen molar-refractivity contribution < 1.29 is 14.4 Å². The van der Waals surface area contributed by atoms with Crippen molar-refractivity contribution in [2.75, 3.05) is 37.8 Å². The standard InChI is InChI=1S/C27H33N3O3S2/c1-17-7-8-20(18(2)15-17)28-26(33)29-12-9-27(10-13-29)11-14-30(16-27)24(32)23-19-5-4-6-21(31)22(19)25(34-3)35-23/h7-8,15H,4-6,9-14,16H2,1-3H3,(H,28,33). The maximum atomic E-state index is 13.6. The van der Waals surface area contributed by atoms with E-state index in [2.05, 4.69) is 11.4 Å². The minimum atomic E-state index is -0.0443. The van der Waals surface area contributed by atoms with Crippen LogP contribution >= 0.6 is 23.1 Å². The second-order valence-electron chi connectivity index (χ2n) is 10.3. The number of likely N-dealkylation sites (tertiary alicyclic amines) is 2. The lowest BCUT2D eigenvalue weighted by Gasteiger charge is -2.39. The van der Waals surface area contributed by atoms with Gasteiger partial charge in [-0.1, -0.05) is 17.7 Å². The highest BCUT2D eigenvalue weighted by molar-refractivity contribution is 8.00. The van der Waals surface area contributed by atoms with Crippen molar-refractivity contribution in [1.29, 1.82) is 0 Å². The van der Waals surface area contributed by atoms with Gasteiger partial charge < -0.3 is 15.1 Å². The zero-order valence-corrected chi connectivity index (χ0v) is 22.4. The van der Waals surface area contributed by atoms with Gasteiger partial charge in [0, 0.05) is 43.9 Å². The van der Waals surface area contributed by atoms with Crippen LogP contribution in [0.4, 0.5) is 10.5 Å². The summed E-state index contributed by atoms with van der Waals surface area (Å²) in [6, 6.07) is 6.01. The molecule has 6 nitrogen and oxygen atoms in total. The molecule has 1 aliphatic carbocycles. The number of anilines is 1. The Morgan fingerprint density at radius 3 is 2.46 bits per heavy atom. The Morgan fingerprint density at radius 2 is 1.77 bits per heavy atom. The number of nitrogens with one attached hydrogen (secondary N) is 1. The zero-order chi connectivity index (χ0) is 24.7. The highest BCUT2D eigenvalue weighted by atomic mass is 32.2. The molecular weight excluding hydrogens is 478 g/mol. The van der Waals surface area contributed by atoms with Gasteiger partial charge in [-0.05, 0) is 74.8 Å². The highest BCUT2D eigenvalue weighted by Crippen LogP contribution is 2.44. The van der Waals surface area contributed by atoms with Gasteiger partial charge in [-0.15, -0.1) is 23.1 Å². The molecule has 5 rings (SSSR count). The lowest BCUT2D eigenvalue weighted by Crippen LogP contribution is -2.46. The van der Waals surface area contributed by atoms with Gasteiger partial charge in [0.25, 0.3) is 5.91 Å². The van der Waals surface area contributed by atoms with E-state index >= 15 is 0 Å². The summed E-state index contributed by atoms with van der Waals surface area (Å²) in [5, 5.41) is 3.07. The van der Waals surface area contributed by atoms with Crippen LogP contribution in [0, 0.1) is 19.3 Å². The van der Waals surface area contributed by atoms with Gasteiger partial charge in [0.2, 0.25) is 0 Å². The fraction of sp³-hybridized carbons (Fsp3) is 0.519. The smallest absolute Gasteiger partial charge is 0.321 e. The average Bonchev–Trinajstić information content (AvgIpc) is 3.43. The second kappa shape index (κ2) is 9.62. The molecule has 3 heterocycles. The Kier molecular flexibility index (Phi) is 6.70. The summed E-state index contributed by atoms with van der Waals surface area (Å²) >= 11 is 3.08. The minimum Gasteiger partial charge on any atom is -0.337 e. The van der Waals surface area contributed by atoms with Crippen LogP contribution in [-0.2, 0) is 6.42 Å². The molecule has 1 N–H and O–H groups in total. The number of amides is 3. The van der Waals surface area contributed by atoms with E-state index in [9.17, 15) is 14.4 Å². The number of thiophene rings is 1. The zero-order valence-electron chi connectivity index (χ0n) is 20.7. The van der Waals surface area contributed by atoms with Crippen molar-refractivity contribution in [1.82, 2.24) is 9.80 Å². The van der Waals surface area contributed by atoms with Crippen molar-refractivity contribution >= 4 is 46.5 Å². The Balaban J connectivity index is 1.22. The van der Waals surface area contributed by atoms with Gasteiger partial charge in [-0.3, -0.25) is 9.59 Å². The molecule has 2 fully saturated rings. The Hall–Kier alpha value is -2.32. The molecule has 2 aromatic rings. The molecule has 3 aliphatic rings. The van der Waals surface area contributed by atoms with Crippen LogP contribution in [0.5, 0.6) is 0 Å². The molecule has 2 saturated heterocycles. The van der Waals surface area contributed by atoms with Crippen LogP contribution in [0.2, 0.25) is 0 Å². The van der Waals surface area contributed by atoms with E-state index in [4.69, 9.17) is 0 Å². The monoisotopic (exact) mass is 511 g/mol. The second-order valence-corrected chi connectivity index (χ2v) is 12.4. The molecule has 1 aromatic heterocycles. The van der Waals surface area contributed by atoms with Crippen LogP contribution in [0.15, 0.2) is 22.4 Å². The molecule has 0 radical (unpaired) electrons. The number of rotatable bonds is 3. The van der Waals surface area contributed by atoms with E-state index < -0.39 is 0 Å².